The summed E-state index contributed by atoms with van der Waals surface area (Å²) < 4.78 is 0. The van der Waals surface area contributed by atoms with E-state index >= 15 is 0 Å². The lowest BCUT2D eigenvalue weighted by Crippen LogP contribution is -2.12. The monoisotopic (exact) mass is 269 g/mol. The van der Waals surface area contributed by atoms with Gasteiger partial charge in [0, 0.05) is 24.0 Å². The third kappa shape index (κ3) is 2.47. The number of anilines is 1. The third-order valence-corrected chi connectivity index (χ3v) is 3.53. The highest BCUT2D eigenvalue weighted by atomic mass is 16.4. The first kappa shape index (κ1) is 12.6. The molecule has 0 spiro atoms. The van der Waals surface area contributed by atoms with Crippen LogP contribution in [0.4, 0.5) is 5.95 Å². The van der Waals surface area contributed by atoms with Gasteiger partial charge in [0.25, 0.3) is 0 Å². The van der Waals surface area contributed by atoms with Crippen LogP contribution in [0.15, 0.2) is 36.7 Å². The minimum absolute atomic E-state index is 0.0446. The van der Waals surface area contributed by atoms with Crippen LogP contribution in [0.2, 0.25) is 0 Å². The molecule has 0 saturated heterocycles. The van der Waals surface area contributed by atoms with Gasteiger partial charge in [0.2, 0.25) is 5.95 Å². The minimum atomic E-state index is -0.765. The molecule has 102 valence electrons. The van der Waals surface area contributed by atoms with Crippen LogP contribution in [-0.4, -0.2) is 27.1 Å². The van der Waals surface area contributed by atoms with E-state index in [4.69, 9.17) is 5.11 Å². The summed E-state index contributed by atoms with van der Waals surface area (Å²) in [6.45, 7) is 2.04. The number of aromatic nitrogens is 2. The summed E-state index contributed by atoms with van der Waals surface area (Å²) in [5.41, 5.74) is 3.23. The predicted molar refractivity (Wildman–Crippen MR) is 75.4 cm³/mol. The van der Waals surface area contributed by atoms with E-state index < -0.39 is 5.97 Å². The summed E-state index contributed by atoms with van der Waals surface area (Å²) >= 11 is 0. The summed E-state index contributed by atoms with van der Waals surface area (Å²) in [5, 5.41) is 11.9. The molecule has 1 aliphatic carbocycles. The van der Waals surface area contributed by atoms with Crippen molar-refractivity contribution in [3.8, 4) is 11.1 Å². The average molecular weight is 269 g/mol. The minimum Gasteiger partial charge on any atom is -0.481 e. The summed E-state index contributed by atoms with van der Waals surface area (Å²) in [6, 6.07) is 8.01. The molecule has 0 amide bonds. The number of carbonyl (C=O) groups is 1. The smallest absolute Gasteiger partial charge is 0.308 e. The molecule has 1 heterocycles. The van der Waals surface area contributed by atoms with Crippen molar-refractivity contribution < 1.29 is 9.90 Å². The lowest BCUT2D eigenvalue weighted by molar-refractivity contribution is -0.138. The zero-order valence-electron chi connectivity index (χ0n) is 11.1. The fraction of sp³-hybridized carbons (Fsp3) is 0.267. The van der Waals surface area contributed by atoms with Gasteiger partial charge in [0.15, 0.2) is 0 Å². The first-order chi connectivity index (χ1) is 9.65. The average Bonchev–Trinajstić information content (AvgIpc) is 3.20. The van der Waals surface area contributed by atoms with Gasteiger partial charge in [0.1, 0.15) is 0 Å². The number of benzene rings is 1. The molecule has 2 aromatic rings. The first-order valence-electron chi connectivity index (χ1n) is 6.52. The summed E-state index contributed by atoms with van der Waals surface area (Å²) in [7, 11) is 0. The van der Waals surface area contributed by atoms with Crippen LogP contribution in [0, 0.1) is 12.8 Å². The third-order valence-electron chi connectivity index (χ3n) is 3.53. The summed E-state index contributed by atoms with van der Waals surface area (Å²) in [4.78, 5) is 19.3. The second kappa shape index (κ2) is 4.92. The number of hydrogen-bond donors (Lipinski definition) is 2. The highest BCUT2D eigenvalue weighted by Gasteiger charge is 2.43. The van der Waals surface area contributed by atoms with Gasteiger partial charge in [-0.3, -0.25) is 4.79 Å². The van der Waals surface area contributed by atoms with Crippen molar-refractivity contribution in [1.29, 1.82) is 0 Å². The second-order valence-corrected chi connectivity index (χ2v) is 5.04. The number of aliphatic carboxylic acids is 1. The van der Waals surface area contributed by atoms with E-state index in [1.807, 2.05) is 31.2 Å². The quantitative estimate of drug-likeness (QED) is 0.891. The molecule has 1 saturated carbocycles. The van der Waals surface area contributed by atoms with E-state index in [9.17, 15) is 4.79 Å². The van der Waals surface area contributed by atoms with Crippen molar-refractivity contribution in [2.24, 2.45) is 5.92 Å². The Labute approximate surface area is 116 Å². The SMILES string of the molecule is Cc1ccccc1-c1cnc(NC2CC2C(=O)O)nc1. The largest absolute Gasteiger partial charge is 0.481 e. The molecule has 3 rings (SSSR count). The van der Waals surface area contributed by atoms with Crippen molar-refractivity contribution in [3.63, 3.8) is 0 Å². The van der Waals surface area contributed by atoms with Crippen LogP contribution in [0.5, 0.6) is 0 Å². The number of aryl methyl sites for hydroxylation is 1. The lowest BCUT2D eigenvalue weighted by Gasteiger charge is -2.06. The molecule has 1 aromatic heterocycles. The molecule has 0 aliphatic heterocycles. The molecular weight excluding hydrogens is 254 g/mol. The van der Waals surface area contributed by atoms with Gasteiger partial charge in [-0.15, -0.1) is 0 Å². The van der Waals surface area contributed by atoms with E-state index in [0.29, 0.717) is 12.4 Å². The van der Waals surface area contributed by atoms with Crippen molar-refractivity contribution in [3.05, 3.63) is 42.2 Å². The Morgan fingerprint density at radius 1 is 1.30 bits per heavy atom. The maximum Gasteiger partial charge on any atom is 0.308 e. The van der Waals surface area contributed by atoms with Crippen LogP contribution in [0.1, 0.15) is 12.0 Å². The van der Waals surface area contributed by atoms with E-state index in [1.165, 1.54) is 5.56 Å². The molecule has 0 radical (unpaired) electrons. The Balaban J connectivity index is 1.72. The molecular formula is C15H15N3O2. The molecule has 2 N–H and O–H groups in total. The molecule has 2 unspecified atom stereocenters. The van der Waals surface area contributed by atoms with Gasteiger partial charge in [-0.25, -0.2) is 9.97 Å². The first-order valence-corrected chi connectivity index (χ1v) is 6.52. The molecule has 5 nitrogen and oxygen atoms in total. The molecule has 1 aliphatic rings. The van der Waals surface area contributed by atoms with E-state index in [-0.39, 0.29) is 12.0 Å². The van der Waals surface area contributed by atoms with E-state index in [2.05, 4.69) is 15.3 Å². The zero-order valence-corrected chi connectivity index (χ0v) is 11.1. The Kier molecular flexibility index (Phi) is 3.10. The van der Waals surface area contributed by atoms with Gasteiger partial charge >= 0.3 is 5.97 Å². The van der Waals surface area contributed by atoms with Crippen molar-refractivity contribution in [2.75, 3.05) is 5.32 Å². The number of nitrogens with zero attached hydrogens (tertiary/aromatic N) is 2. The van der Waals surface area contributed by atoms with Crippen molar-refractivity contribution in [1.82, 2.24) is 9.97 Å². The van der Waals surface area contributed by atoms with Crippen LogP contribution in [0.3, 0.4) is 0 Å². The molecule has 1 fully saturated rings. The number of carboxylic acid groups (broad SMARTS) is 1. The van der Waals surface area contributed by atoms with Gasteiger partial charge in [-0.05, 0) is 24.5 Å². The number of rotatable bonds is 4. The normalized spacial score (nSPS) is 20.4. The topological polar surface area (TPSA) is 75.1 Å². The highest BCUT2D eigenvalue weighted by molar-refractivity contribution is 5.75. The van der Waals surface area contributed by atoms with Crippen LogP contribution in [0.25, 0.3) is 11.1 Å². The molecule has 1 aromatic carbocycles. The lowest BCUT2D eigenvalue weighted by atomic mass is 10.0. The van der Waals surface area contributed by atoms with E-state index in [1.54, 1.807) is 12.4 Å². The number of carboxylic acids is 1. The summed E-state index contributed by atoms with van der Waals surface area (Å²) in [6.07, 6.45) is 4.16. The molecule has 0 bridgehead atoms. The van der Waals surface area contributed by atoms with Crippen LogP contribution < -0.4 is 5.32 Å². The predicted octanol–water partition coefficient (Wildman–Crippen LogP) is 2.34. The maximum absolute atomic E-state index is 10.8. The Morgan fingerprint density at radius 2 is 2.00 bits per heavy atom. The molecule has 2 atom stereocenters. The maximum atomic E-state index is 10.8. The molecule has 20 heavy (non-hydrogen) atoms. The zero-order chi connectivity index (χ0) is 14.1. The van der Waals surface area contributed by atoms with E-state index in [0.717, 1.165) is 11.1 Å². The fourth-order valence-electron chi connectivity index (χ4n) is 2.23. The summed E-state index contributed by atoms with van der Waals surface area (Å²) in [5.74, 6) is -0.593. The van der Waals surface area contributed by atoms with Crippen LogP contribution >= 0.6 is 0 Å². The van der Waals surface area contributed by atoms with Gasteiger partial charge in [-0.1, -0.05) is 24.3 Å². The second-order valence-electron chi connectivity index (χ2n) is 5.04. The number of nitrogens with one attached hydrogen (secondary N) is 1. The standard InChI is InChI=1S/C15H15N3O2/c1-9-4-2-3-5-11(9)10-7-16-15(17-8-10)18-13-6-12(13)14(19)20/h2-5,7-8,12-13H,6H2,1H3,(H,19,20)(H,16,17,18). The van der Waals surface area contributed by atoms with Gasteiger partial charge in [-0.2, -0.15) is 0 Å². The van der Waals surface area contributed by atoms with Gasteiger partial charge < -0.3 is 10.4 Å². The number of hydrogen-bond acceptors (Lipinski definition) is 4. The Bertz CT molecular complexity index is 640. The highest BCUT2D eigenvalue weighted by Crippen LogP contribution is 2.33. The van der Waals surface area contributed by atoms with Crippen LogP contribution in [-0.2, 0) is 4.79 Å². The fourth-order valence-corrected chi connectivity index (χ4v) is 2.23. The van der Waals surface area contributed by atoms with Crippen molar-refractivity contribution in [2.45, 2.75) is 19.4 Å². The molecule has 5 heteroatoms. The Morgan fingerprint density at radius 3 is 2.60 bits per heavy atom. The van der Waals surface area contributed by atoms with Gasteiger partial charge in [0.05, 0.1) is 5.92 Å². The van der Waals surface area contributed by atoms with Crippen molar-refractivity contribution >= 4 is 11.9 Å². The Hall–Kier alpha value is -2.43.